The summed E-state index contributed by atoms with van der Waals surface area (Å²) in [5.74, 6) is -10.8. The zero-order valence-electron chi connectivity index (χ0n) is 15.1. The Morgan fingerprint density at radius 1 is 1.20 bits per heavy atom. The second-order valence-electron chi connectivity index (χ2n) is 5.75. The van der Waals surface area contributed by atoms with E-state index in [0.29, 0.717) is 11.7 Å². The van der Waals surface area contributed by atoms with Gasteiger partial charge >= 0.3 is 5.97 Å². The highest BCUT2D eigenvalue weighted by molar-refractivity contribution is 6.15. The van der Waals surface area contributed by atoms with Gasteiger partial charge in [0.15, 0.2) is 35.2 Å². The van der Waals surface area contributed by atoms with Gasteiger partial charge in [-0.1, -0.05) is 0 Å². The predicted octanol–water partition coefficient (Wildman–Crippen LogP) is 4.32. The van der Waals surface area contributed by atoms with E-state index in [9.17, 15) is 32.6 Å². The van der Waals surface area contributed by atoms with Crippen LogP contribution in [0.1, 0.15) is 12.5 Å². The lowest BCUT2D eigenvalue weighted by atomic mass is 10.1. The first-order chi connectivity index (χ1) is 14.2. The normalized spacial score (nSPS) is 12.4. The van der Waals surface area contributed by atoms with Gasteiger partial charge in [-0.3, -0.25) is 4.99 Å². The van der Waals surface area contributed by atoms with Crippen molar-refractivity contribution in [2.45, 2.75) is 6.92 Å². The number of carbonyl (C=O) groups excluding carboxylic acids is 1. The second-order valence-corrected chi connectivity index (χ2v) is 5.75. The number of phenols is 1. The number of rotatable bonds is 5. The average Bonchev–Trinajstić information content (AvgIpc) is 3.16. The molecule has 0 saturated carbocycles. The summed E-state index contributed by atoms with van der Waals surface area (Å²) in [6.07, 6.45) is 1.80. The van der Waals surface area contributed by atoms with Gasteiger partial charge in [0.05, 0.1) is 12.2 Å². The first kappa shape index (κ1) is 20.8. The molecular formula is C19H12F4N2O5. The second kappa shape index (κ2) is 8.23. The SMILES string of the molecule is CCOC(=O)C(C=Nc1cc2ocnc2cc1O)=C(O)c1cc(F)c(F)c(F)c1F. The molecule has 156 valence electrons. The predicted molar refractivity (Wildman–Crippen MR) is 96.3 cm³/mol. The summed E-state index contributed by atoms with van der Waals surface area (Å²) in [6.45, 7) is 1.28. The van der Waals surface area contributed by atoms with Crippen molar-refractivity contribution in [3.05, 3.63) is 59.0 Å². The molecule has 2 N–H and O–H groups in total. The number of esters is 1. The Kier molecular flexibility index (Phi) is 5.72. The van der Waals surface area contributed by atoms with Gasteiger partial charge in [-0.15, -0.1) is 0 Å². The maximum absolute atomic E-state index is 14.0. The molecule has 0 radical (unpaired) electrons. The van der Waals surface area contributed by atoms with E-state index in [0.717, 1.165) is 6.39 Å². The van der Waals surface area contributed by atoms with E-state index in [4.69, 9.17) is 9.15 Å². The van der Waals surface area contributed by atoms with Crippen LogP contribution in [0, 0.1) is 23.3 Å². The fraction of sp³-hybridized carbons (Fsp3) is 0.105. The standard InChI is InChI=1S/C19H12F4N2O5/c1-2-29-19(28)9(18(27)8-3-10(20)16(22)17(23)15(8)21)6-24-11-5-14-12(4-13(11)26)25-7-30-14/h3-7,26-27H,2H2,1H3. The van der Waals surface area contributed by atoms with E-state index in [2.05, 4.69) is 9.98 Å². The quantitative estimate of drug-likeness (QED) is 0.120. The van der Waals surface area contributed by atoms with Crippen molar-refractivity contribution >= 4 is 34.7 Å². The minimum absolute atomic E-state index is 0.134. The van der Waals surface area contributed by atoms with Crippen LogP contribution in [0.5, 0.6) is 5.75 Å². The number of carbonyl (C=O) groups is 1. The summed E-state index contributed by atoms with van der Waals surface area (Å²) >= 11 is 0. The molecule has 0 atom stereocenters. The molecule has 3 rings (SSSR count). The van der Waals surface area contributed by atoms with E-state index >= 15 is 0 Å². The van der Waals surface area contributed by atoms with Crippen LogP contribution in [0.15, 0.2) is 39.6 Å². The molecule has 0 spiro atoms. The molecule has 30 heavy (non-hydrogen) atoms. The molecule has 1 aromatic heterocycles. The number of oxazole rings is 1. The monoisotopic (exact) mass is 424 g/mol. The number of hydrogen-bond acceptors (Lipinski definition) is 7. The van der Waals surface area contributed by atoms with Gasteiger partial charge in [-0.25, -0.2) is 27.3 Å². The van der Waals surface area contributed by atoms with Gasteiger partial charge in [0.1, 0.15) is 28.3 Å². The fourth-order valence-electron chi connectivity index (χ4n) is 2.43. The Morgan fingerprint density at radius 3 is 2.63 bits per heavy atom. The topological polar surface area (TPSA) is 105 Å². The van der Waals surface area contributed by atoms with E-state index in [1.165, 1.54) is 19.1 Å². The smallest absolute Gasteiger partial charge is 0.343 e. The van der Waals surface area contributed by atoms with Crippen LogP contribution in [0.4, 0.5) is 23.2 Å². The number of benzene rings is 2. The highest BCUT2D eigenvalue weighted by Crippen LogP contribution is 2.32. The van der Waals surface area contributed by atoms with Gasteiger partial charge in [0, 0.05) is 18.3 Å². The van der Waals surface area contributed by atoms with Gasteiger partial charge in [0.25, 0.3) is 0 Å². The lowest BCUT2D eigenvalue weighted by Crippen LogP contribution is -2.12. The summed E-state index contributed by atoms with van der Waals surface area (Å²) in [5.41, 5.74) is -1.52. The highest BCUT2D eigenvalue weighted by atomic mass is 19.2. The zero-order valence-corrected chi connectivity index (χ0v) is 15.1. The van der Waals surface area contributed by atoms with E-state index in [1.54, 1.807) is 0 Å². The number of aliphatic imine (C=N–C) groups is 1. The number of ether oxygens (including phenoxy) is 1. The Bertz CT molecular complexity index is 1200. The Labute approximate surface area is 165 Å². The summed E-state index contributed by atoms with van der Waals surface area (Å²) < 4.78 is 64.0. The van der Waals surface area contributed by atoms with E-state index in [-0.39, 0.29) is 29.7 Å². The number of aromatic nitrogens is 1. The molecule has 0 aliphatic carbocycles. The van der Waals surface area contributed by atoms with Gasteiger partial charge in [0.2, 0.25) is 0 Å². The van der Waals surface area contributed by atoms with Crippen molar-refractivity contribution in [1.29, 1.82) is 0 Å². The fourth-order valence-corrected chi connectivity index (χ4v) is 2.43. The molecule has 7 nitrogen and oxygen atoms in total. The van der Waals surface area contributed by atoms with Gasteiger partial charge in [-0.05, 0) is 13.0 Å². The molecule has 0 aliphatic rings. The third kappa shape index (κ3) is 3.81. The van der Waals surface area contributed by atoms with Crippen molar-refractivity contribution in [1.82, 2.24) is 4.98 Å². The number of phenolic OH excluding ortho intramolecular Hbond substituents is 1. The van der Waals surface area contributed by atoms with Crippen molar-refractivity contribution in [3.8, 4) is 5.75 Å². The third-order valence-corrected chi connectivity index (χ3v) is 3.87. The van der Waals surface area contributed by atoms with Crippen LogP contribution < -0.4 is 0 Å². The number of hydrogen-bond donors (Lipinski definition) is 2. The average molecular weight is 424 g/mol. The molecule has 11 heteroatoms. The summed E-state index contributed by atoms with van der Waals surface area (Å²) in [5, 5.41) is 20.3. The maximum atomic E-state index is 14.0. The van der Waals surface area contributed by atoms with Crippen LogP contribution in [0.2, 0.25) is 0 Å². The number of fused-ring (bicyclic) bond motifs is 1. The first-order valence-electron chi connectivity index (χ1n) is 8.28. The van der Waals surface area contributed by atoms with Crippen molar-refractivity contribution in [2.24, 2.45) is 4.99 Å². The Morgan fingerprint density at radius 2 is 1.93 bits per heavy atom. The minimum Gasteiger partial charge on any atom is -0.506 e. The largest absolute Gasteiger partial charge is 0.506 e. The molecule has 0 amide bonds. The van der Waals surface area contributed by atoms with Crippen LogP contribution >= 0.6 is 0 Å². The molecule has 0 bridgehead atoms. The van der Waals surface area contributed by atoms with Gasteiger partial charge in [-0.2, -0.15) is 0 Å². The van der Waals surface area contributed by atoms with Crippen LogP contribution in [0.3, 0.4) is 0 Å². The molecular weight excluding hydrogens is 412 g/mol. The zero-order chi connectivity index (χ0) is 22.0. The molecule has 1 heterocycles. The van der Waals surface area contributed by atoms with E-state index < -0.39 is 46.1 Å². The van der Waals surface area contributed by atoms with E-state index in [1.807, 2.05) is 0 Å². The number of nitrogens with zero attached hydrogens (tertiary/aromatic N) is 2. The van der Waals surface area contributed by atoms with Gasteiger partial charge < -0.3 is 19.4 Å². The lowest BCUT2D eigenvalue weighted by Gasteiger charge is -2.09. The molecule has 0 unspecified atom stereocenters. The molecule has 0 aliphatic heterocycles. The molecule has 0 saturated heterocycles. The minimum atomic E-state index is -2.18. The van der Waals surface area contributed by atoms with Crippen molar-refractivity contribution in [3.63, 3.8) is 0 Å². The maximum Gasteiger partial charge on any atom is 0.343 e. The number of aliphatic hydroxyl groups is 1. The lowest BCUT2D eigenvalue weighted by molar-refractivity contribution is -0.137. The van der Waals surface area contributed by atoms with Crippen LogP contribution in [-0.4, -0.2) is 34.0 Å². The van der Waals surface area contributed by atoms with Crippen molar-refractivity contribution in [2.75, 3.05) is 6.61 Å². The Balaban J connectivity index is 2.14. The molecule has 3 aromatic rings. The van der Waals surface area contributed by atoms with Crippen molar-refractivity contribution < 1.29 is 41.7 Å². The summed E-state index contributed by atoms with van der Waals surface area (Å²) in [4.78, 5) is 19.8. The first-order valence-corrected chi connectivity index (χ1v) is 8.28. The third-order valence-electron chi connectivity index (χ3n) is 3.87. The highest BCUT2D eigenvalue weighted by Gasteiger charge is 2.25. The summed E-state index contributed by atoms with van der Waals surface area (Å²) in [7, 11) is 0. The number of aliphatic hydroxyl groups excluding tert-OH is 1. The summed E-state index contributed by atoms with van der Waals surface area (Å²) in [6, 6.07) is 2.64. The van der Waals surface area contributed by atoms with Crippen LogP contribution in [-0.2, 0) is 9.53 Å². The number of aromatic hydroxyl groups is 1. The molecule has 0 fully saturated rings. The number of halogens is 4. The Hall–Kier alpha value is -3.89. The van der Waals surface area contributed by atoms with Crippen LogP contribution in [0.25, 0.3) is 16.9 Å². The molecule has 2 aromatic carbocycles.